The van der Waals surface area contributed by atoms with Crippen molar-refractivity contribution in [1.82, 2.24) is 49.0 Å². The Balaban J connectivity index is 0.00000337. The lowest BCUT2D eigenvalue weighted by Gasteiger charge is -2.15. The van der Waals surface area contributed by atoms with Crippen LogP contribution in [0.15, 0.2) is 54.7 Å². The Morgan fingerprint density at radius 1 is 0.844 bits per heavy atom. The number of hydrogen-bond acceptors (Lipinski definition) is 11. The van der Waals surface area contributed by atoms with Crippen molar-refractivity contribution >= 4 is 52.4 Å². The molecule has 0 radical (unpaired) electrons. The second-order valence-corrected chi connectivity index (χ2v) is 9.04. The number of amides is 2. The SMILES string of the molecule is Nc1nc(N)c2nc(CNc3ccc(C(=O)NC(CCCNC(=O)c4ccccc4C(=O)O)C(=O)O)cc3)cnc2n1.[NH4+].[NH4+].[NH4+]. The van der Waals surface area contributed by atoms with E-state index in [-0.39, 0.29) is 78.5 Å². The molecule has 240 valence electrons. The van der Waals surface area contributed by atoms with Crippen LogP contribution in [0.3, 0.4) is 0 Å². The highest BCUT2D eigenvalue weighted by Gasteiger charge is 2.21. The number of benzene rings is 2. The van der Waals surface area contributed by atoms with E-state index in [4.69, 9.17) is 11.5 Å². The van der Waals surface area contributed by atoms with Crippen LogP contribution in [0.1, 0.15) is 49.6 Å². The Bertz CT molecular complexity index is 1650. The Morgan fingerprint density at radius 2 is 1.51 bits per heavy atom. The number of hydrogen-bond donors (Lipinski definition) is 10. The van der Waals surface area contributed by atoms with E-state index in [1.54, 1.807) is 18.2 Å². The number of carboxylic acid groups (broad SMARTS) is 2. The van der Waals surface area contributed by atoms with Gasteiger partial charge in [0.25, 0.3) is 11.8 Å². The summed E-state index contributed by atoms with van der Waals surface area (Å²) in [4.78, 5) is 64.5. The van der Waals surface area contributed by atoms with Crippen molar-refractivity contribution in [3.63, 3.8) is 0 Å². The van der Waals surface area contributed by atoms with E-state index >= 15 is 0 Å². The van der Waals surface area contributed by atoms with Crippen LogP contribution in [-0.4, -0.2) is 66.5 Å². The molecule has 4 aromatic rings. The predicted molar refractivity (Wildman–Crippen MR) is 170 cm³/mol. The quantitative estimate of drug-likeness (QED) is 0.101. The standard InChI is InChI=1S/C27H27N9O6.3H3N/c28-21-20-22(36-27(29)35-21)32-13-16(33-20)12-31-15-9-7-14(8-10-15)23(37)34-19(26(41)42)6-3-11-30-24(38)17-4-1-2-5-18(17)25(39)40;;;/h1-2,4-5,7-10,13,19,31H,3,6,11-12H2,(H,30,38)(H,34,37)(H,39,40)(H,41,42)(H4,28,29,32,35,36);3*1H3/p+3. The third-order valence-electron chi connectivity index (χ3n) is 6.08. The Labute approximate surface area is 256 Å². The normalized spacial score (nSPS) is 10.7. The van der Waals surface area contributed by atoms with Crippen molar-refractivity contribution < 1.29 is 29.4 Å². The number of fused-ring (bicyclic) bond motifs is 1. The molecular weight excluding hydrogens is 588 g/mol. The molecule has 0 saturated carbocycles. The molecule has 18 heteroatoms. The first kappa shape index (κ1) is 37.0. The summed E-state index contributed by atoms with van der Waals surface area (Å²) in [5.74, 6) is -3.51. The second-order valence-electron chi connectivity index (χ2n) is 9.04. The van der Waals surface area contributed by atoms with Crippen LogP contribution < -0.4 is 45.9 Å². The summed E-state index contributed by atoms with van der Waals surface area (Å²) in [5.41, 5.74) is 13.4. The summed E-state index contributed by atoms with van der Waals surface area (Å²) >= 11 is 0. The van der Waals surface area contributed by atoms with E-state index in [1.165, 1.54) is 36.5 Å². The molecule has 1 atom stereocenters. The third-order valence-corrected chi connectivity index (χ3v) is 6.08. The zero-order valence-corrected chi connectivity index (χ0v) is 25.1. The van der Waals surface area contributed by atoms with Crippen molar-refractivity contribution in [2.24, 2.45) is 0 Å². The molecule has 0 spiro atoms. The van der Waals surface area contributed by atoms with Gasteiger partial charge in [-0.05, 0) is 49.2 Å². The first-order chi connectivity index (χ1) is 20.1. The molecule has 0 aliphatic rings. The largest absolute Gasteiger partial charge is 0.480 e. The Kier molecular flexibility index (Phi) is 13.7. The van der Waals surface area contributed by atoms with Crippen LogP contribution in [0.25, 0.3) is 11.2 Å². The predicted octanol–water partition coefficient (Wildman–Crippen LogP) is 2.42. The lowest BCUT2D eigenvalue weighted by molar-refractivity contribution is -0.139. The highest BCUT2D eigenvalue weighted by atomic mass is 16.4. The first-order valence-electron chi connectivity index (χ1n) is 12.6. The number of carbonyl (C=O) groups excluding carboxylic acids is 2. The zero-order chi connectivity index (χ0) is 30.2. The number of nitrogens with zero attached hydrogens (tertiary/aromatic N) is 4. The van der Waals surface area contributed by atoms with Crippen molar-refractivity contribution in [2.75, 3.05) is 23.3 Å². The van der Waals surface area contributed by atoms with E-state index in [0.717, 1.165) is 0 Å². The van der Waals surface area contributed by atoms with E-state index < -0.39 is 29.8 Å². The Morgan fingerprint density at radius 3 is 2.16 bits per heavy atom. The number of nitrogen functional groups attached to an aromatic ring is 2. The smallest absolute Gasteiger partial charge is 0.336 e. The molecule has 4 rings (SSSR count). The fourth-order valence-electron chi connectivity index (χ4n) is 3.97. The van der Waals surface area contributed by atoms with Gasteiger partial charge in [-0.15, -0.1) is 0 Å². The highest BCUT2D eigenvalue weighted by molar-refractivity contribution is 6.04. The maximum atomic E-state index is 12.7. The fourth-order valence-corrected chi connectivity index (χ4v) is 3.97. The monoisotopic (exact) mass is 627 g/mol. The number of nitrogens with two attached hydrogens (primary N) is 2. The molecule has 2 amide bonds. The topological polar surface area (TPSA) is 358 Å². The number of aliphatic carboxylic acids is 1. The molecule has 18 nitrogen and oxygen atoms in total. The molecule has 45 heavy (non-hydrogen) atoms. The number of carbonyl (C=O) groups is 4. The summed E-state index contributed by atoms with van der Waals surface area (Å²) in [7, 11) is 0. The van der Waals surface area contributed by atoms with Gasteiger partial charge in [-0.1, -0.05) is 12.1 Å². The van der Waals surface area contributed by atoms with Crippen LogP contribution in [-0.2, 0) is 11.3 Å². The minimum atomic E-state index is -1.23. The fraction of sp³-hybridized carbons (Fsp3) is 0.185. The van der Waals surface area contributed by atoms with Gasteiger partial charge < -0.3 is 56.1 Å². The average Bonchev–Trinajstić information content (AvgIpc) is 2.97. The average molecular weight is 628 g/mol. The van der Waals surface area contributed by atoms with Crippen LogP contribution in [0.2, 0.25) is 0 Å². The molecule has 2 heterocycles. The minimum absolute atomic E-state index is 0. The van der Waals surface area contributed by atoms with E-state index in [9.17, 15) is 29.4 Å². The van der Waals surface area contributed by atoms with Crippen LogP contribution >= 0.6 is 0 Å². The van der Waals surface area contributed by atoms with Crippen LogP contribution in [0, 0.1) is 0 Å². The number of aromatic nitrogens is 4. The molecule has 0 aliphatic heterocycles. The van der Waals surface area contributed by atoms with Crippen LogP contribution in [0.5, 0.6) is 0 Å². The van der Waals surface area contributed by atoms with Crippen molar-refractivity contribution in [3.8, 4) is 0 Å². The number of anilines is 3. The van der Waals surface area contributed by atoms with Gasteiger partial charge in [0.1, 0.15) is 6.04 Å². The van der Waals surface area contributed by atoms with Gasteiger partial charge in [0.15, 0.2) is 17.0 Å². The van der Waals surface area contributed by atoms with Crippen molar-refractivity contribution in [1.29, 1.82) is 0 Å². The van der Waals surface area contributed by atoms with E-state index in [1.807, 2.05) is 0 Å². The van der Waals surface area contributed by atoms with Crippen LogP contribution in [0.4, 0.5) is 17.5 Å². The van der Waals surface area contributed by atoms with Gasteiger partial charge in [-0.3, -0.25) is 9.59 Å². The van der Waals surface area contributed by atoms with Crippen molar-refractivity contribution in [2.45, 2.75) is 25.4 Å². The van der Waals surface area contributed by atoms with Gasteiger partial charge in [0.05, 0.1) is 29.6 Å². The van der Waals surface area contributed by atoms with Gasteiger partial charge in [-0.2, -0.15) is 9.97 Å². The number of rotatable bonds is 12. The summed E-state index contributed by atoms with van der Waals surface area (Å²) in [6, 6.07) is 11.0. The number of quaternary nitrogens is 3. The van der Waals surface area contributed by atoms with E-state index in [2.05, 4.69) is 35.9 Å². The summed E-state index contributed by atoms with van der Waals surface area (Å²) < 4.78 is 0. The number of carboxylic acids is 2. The van der Waals surface area contributed by atoms with Gasteiger partial charge >= 0.3 is 11.9 Å². The third kappa shape index (κ3) is 9.51. The molecule has 0 aliphatic carbocycles. The van der Waals surface area contributed by atoms with Gasteiger partial charge in [-0.25, -0.2) is 19.6 Å². The van der Waals surface area contributed by atoms with Crippen molar-refractivity contribution in [3.05, 3.63) is 77.1 Å². The maximum absolute atomic E-state index is 12.7. The molecule has 2 aromatic carbocycles. The van der Waals surface area contributed by atoms with E-state index in [0.29, 0.717) is 16.9 Å². The minimum Gasteiger partial charge on any atom is -0.480 e. The molecular formula is C27H39N12O6+3. The molecule has 1 unspecified atom stereocenters. The zero-order valence-electron chi connectivity index (χ0n) is 25.1. The molecule has 21 N–H and O–H groups in total. The highest BCUT2D eigenvalue weighted by Crippen LogP contribution is 2.16. The summed E-state index contributed by atoms with van der Waals surface area (Å²) in [6.45, 7) is 0.375. The lowest BCUT2D eigenvalue weighted by atomic mass is 10.1. The van der Waals surface area contributed by atoms with Gasteiger partial charge in [0, 0.05) is 17.8 Å². The first-order valence-corrected chi connectivity index (χ1v) is 12.6. The number of aromatic carboxylic acids is 1. The molecule has 2 aromatic heterocycles. The lowest BCUT2D eigenvalue weighted by Crippen LogP contribution is -2.41. The summed E-state index contributed by atoms with van der Waals surface area (Å²) in [6.07, 6.45) is 1.79. The maximum Gasteiger partial charge on any atom is 0.336 e. The van der Waals surface area contributed by atoms with Gasteiger partial charge in [0.2, 0.25) is 5.95 Å². The molecule has 0 saturated heterocycles. The Hall–Kier alpha value is -5.98. The second kappa shape index (κ2) is 16.6. The molecule has 0 fully saturated rings. The number of nitrogens with one attached hydrogen (secondary N) is 3. The summed E-state index contributed by atoms with van der Waals surface area (Å²) in [5, 5.41) is 27.0. The molecule has 0 bridgehead atoms.